The molecule has 0 N–H and O–H groups in total. The minimum absolute atomic E-state index is 0.149. The van der Waals surface area contributed by atoms with Crippen LogP contribution in [-0.4, -0.2) is 17.7 Å². The van der Waals surface area contributed by atoms with Gasteiger partial charge < -0.3 is 14.2 Å². The number of alkyl halides is 3. The zero-order valence-corrected chi connectivity index (χ0v) is 17.5. The van der Waals surface area contributed by atoms with E-state index in [1.807, 2.05) is 0 Å². The number of benzene rings is 2. The molecule has 0 bridgehead atoms. The molecule has 9 heteroatoms. The third kappa shape index (κ3) is 5.21. The van der Waals surface area contributed by atoms with Crippen LogP contribution >= 0.6 is 15.9 Å². The second-order valence-corrected chi connectivity index (χ2v) is 7.82. The summed E-state index contributed by atoms with van der Waals surface area (Å²) in [6.45, 7) is 2.72. The molecule has 5 nitrogen and oxygen atoms in total. The molecule has 1 aliphatic rings. The number of esters is 2. The number of ether oxygens (including phenoxy) is 3. The molecule has 0 aliphatic carbocycles. The molecule has 2 aromatic carbocycles. The second-order valence-electron chi connectivity index (χ2n) is 6.91. The standard InChI is InChI=1S/C21H16BrF3O5/c1-20(2)29-18(26)16(19(27)30-20)10-13-9-15(22)6-7-17(13)28-11-12-4-3-5-14(8-12)21(23,24)25/h3-10H,11H2,1-2H3. The van der Waals surface area contributed by atoms with Gasteiger partial charge in [0.15, 0.2) is 0 Å². The van der Waals surface area contributed by atoms with Gasteiger partial charge in [-0.15, -0.1) is 0 Å². The van der Waals surface area contributed by atoms with Gasteiger partial charge in [0.25, 0.3) is 5.79 Å². The van der Waals surface area contributed by atoms with E-state index in [2.05, 4.69) is 15.9 Å². The third-order valence-electron chi connectivity index (χ3n) is 4.04. The maximum atomic E-state index is 12.9. The van der Waals surface area contributed by atoms with E-state index in [-0.39, 0.29) is 17.9 Å². The van der Waals surface area contributed by atoms with Crippen LogP contribution in [-0.2, 0) is 31.8 Å². The topological polar surface area (TPSA) is 61.8 Å². The first-order chi connectivity index (χ1) is 13.9. The van der Waals surface area contributed by atoms with Crippen molar-refractivity contribution in [2.75, 3.05) is 0 Å². The van der Waals surface area contributed by atoms with Crippen LogP contribution in [0.2, 0.25) is 0 Å². The highest BCUT2D eigenvalue weighted by molar-refractivity contribution is 9.10. The molecular formula is C21H16BrF3O5. The molecule has 0 radical (unpaired) electrons. The molecule has 1 heterocycles. The van der Waals surface area contributed by atoms with Crippen LogP contribution in [0.5, 0.6) is 5.75 Å². The maximum Gasteiger partial charge on any atom is 0.416 e. The molecule has 0 aromatic heterocycles. The van der Waals surface area contributed by atoms with Crippen molar-refractivity contribution in [1.29, 1.82) is 0 Å². The number of hydrogen-bond acceptors (Lipinski definition) is 5. The minimum Gasteiger partial charge on any atom is -0.488 e. The van der Waals surface area contributed by atoms with Gasteiger partial charge in [-0.2, -0.15) is 13.2 Å². The lowest BCUT2D eigenvalue weighted by Gasteiger charge is -2.29. The monoisotopic (exact) mass is 484 g/mol. The summed E-state index contributed by atoms with van der Waals surface area (Å²) in [6, 6.07) is 9.58. The van der Waals surface area contributed by atoms with Crippen LogP contribution in [0, 0.1) is 0 Å². The summed E-state index contributed by atoms with van der Waals surface area (Å²) in [5.74, 6) is -2.81. The lowest BCUT2D eigenvalue weighted by Crippen LogP contribution is -2.41. The number of carbonyl (C=O) groups excluding carboxylic acids is 2. The van der Waals surface area contributed by atoms with Gasteiger partial charge in [-0.3, -0.25) is 0 Å². The van der Waals surface area contributed by atoms with Gasteiger partial charge in [0.1, 0.15) is 17.9 Å². The molecule has 1 aliphatic heterocycles. The fraction of sp³-hybridized carbons (Fsp3) is 0.238. The summed E-state index contributed by atoms with van der Waals surface area (Å²) < 4.78 is 55.1. The van der Waals surface area contributed by atoms with E-state index in [4.69, 9.17) is 14.2 Å². The lowest BCUT2D eigenvalue weighted by molar-refractivity contribution is -0.222. The average Bonchev–Trinajstić information content (AvgIpc) is 2.63. The third-order valence-corrected chi connectivity index (χ3v) is 4.53. The Morgan fingerprint density at radius 2 is 1.73 bits per heavy atom. The second kappa shape index (κ2) is 8.14. The average molecular weight is 485 g/mol. The SMILES string of the molecule is CC1(C)OC(=O)C(=Cc2cc(Br)ccc2OCc2cccc(C(F)(F)F)c2)C(=O)O1. The van der Waals surface area contributed by atoms with Crippen LogP contribution in [0.3, 0.4) is 0 Å². The van der Waals surface area contributed by atoms with Gasteiger partial charge in [-0.05, 0) is 42.0 Å². The summed E-state index contributed by atoms with van der Waals surface area (Å²) in [6.07, 6.45) is -3.20. The van der Waals surface area contributed by atoms with E-state index >= 15 is 0 Å². The van der Waals surface area contributed by atoms with Crippen molar-refractivity contribution < 1.29 is 37.0 Å². The fourth-order valence-corrected chi connectivity index (χ4v) is 3.07. The Kier molecular flexibility index (Phi) is 5.94. The van der Waals surface area contributed by atoms with E-state index in [1.165, 1.54) is 32.1 Å². The Morgan fingerprint density at radius 1 is 1.07 bits per heavy atom. The lowest BCUT2D eigenvalue weighted by atomic mass is 10.1. The van der Waals surface area contributed by atoms with Crippen molar-refractivity contribution in [2.24, 2.45) is 0 Å². The van der Waals surface area contributed by atoms with E-state index in [0.717, 1.165) is 12.1 Å². The van der Waals surface area contributed by atoms with Crippen molar-refractivity contribution in [3.63, 3.8) is 0 Å². The van der Waals surface area contributed by atoms with E-state index in [0.29, 0.717) is 15.6 Å². The van der Waals surface area contributed by atoms with Gasteiger partial charge >= 0.3 is 18.1 Å². The zero-order valence-electron chi connectivity index (χ0n) is 15.9. The highest BCUT2D eigenvalue weighted by Crippen LogP contribution is 2.31. The molecule has 0 atom stereocenters. The Labute approximate surface area is 178 Å². The van der Waals surface area contributed by atoms with Gasteiger partial charge in [0.05, 0.1) is 5.56 Å². The number of rotatable bonds is 4. The largest absolute Gasteiger partial charge is 0.488 e. The summed E-state index contributed by atoms with van der Waals surface area (Å²) in [5.41, 5.74) is -0.446. The first-order valence-electron chi connectivity index (χ1n) is 8.71. The van der Waals surface area contributed by atoms with Gasteiger partial charge in [-0.1, -0.05) is 28.1 Å². The van der Waals surface area contributed by atoms with Crippen LogP contribution in [0.25, 0.3) is 6.08 Å². The van der Waals surface area contributed by atoms with Gasteiger partial charge in [-0.25, -0.2) is 9.59 Å². The first-order valence-corrected chi connectivity index (χ1v) is 9.51. The Hall–Kier alpha value is -2.81. The summed E-state index contributed by atoms with van der Waals surface area (Å²) >= 11 is 3.29. The molecule has 0 unspecified atom stereocenters. The molecule has 0 amide bonds. The number of hydrogen-bond donors (Lipinski definition) is 0. The number of carbonyl (C=O) groups is 2. The van der Waals surface area contributed by atoms with Crippen molar-refractivity contribution in [3.8, 4) is 5.75 Å². The van der Waals surface area contributed by atoms with Crippen molar-refractivity contribution in [2.45, 2.75) is 32.4 Å². The molecule has 1 saturated heterocycles. The summed E-state index contributed by atoms with van der Waals surface area (Å²) in [7, 11) is 0. The predicted octanol–water partition coefficient (Wildman–Crippen LogP) is 5.27. The Bertz CT molecular complexity index is 1010. The fourth-order valence-electron chi connectivity index (χ4n) is 2.70. The quantitative estimate of drug-likeness (QED) is 0.336. The highest BCUT2D eigenvalue weighted by Gasteiger charge is 2.39. The van der Waals surface area contributed by atoms with Gasteiger partial charge in [0, 0.05) is 23.9 Å². The maximum absolute atomic E-state index is 12.9. The molecule has 30 heavy (non-hydrogen) atoms. The van der Waals surface area contributed by atoms with Gasteiger partial charge in [0.2, 0.25) is 0 Å². The molecule has 3 rings (SSSR count). The van der Waals surface area contributed by atoms with Crippen molar-refractivity contribution in [3.05, 3.63) is 69.2 Å². The molecule has 2 aromatic rings. The molecular weight excluding hydrogens is 469 g/mol. The van der Waals surface area contributed by atoms with E-state index in [1.54, 1.807) is 18.2 Å². The molecule has 0 saturated carbocycles. The van der Waals surface area contributed by atoms with E-state index in [9.17, 15) is 22.8 Å². The number of cyclic esters (lactones) is 2. The summed E-state index contributed by atoms with van der Waals surface area (Å²) in [5, 5.41) is 0. The van der Waals surface area contributed by atoms with Crippen LogP contribution in [0.15, 0.2) is 52.5 Å². The van der Waals surface area contributed by atoms with Crippen LogP contribution in [0.1, 0.15) is 30.5 Å². The number of halogens is 4. The highest BCUT2D eigenvalue weighted by atomic mass is 79.9. The minimum atomic E-state index is -4.46. The molecule has 1 fully saturated rings. The van der Waals surface area contributed by atoms with Crippen LogP contribution < -0.4 is 4.74 Å². The first kappa shape index (κ1) is 21.9. The van der Waals surface area contributed by atoms with Crippen LogP contribution in [0.4, 0.5) is 13.2 Å². The Balaban J connectivity index is 1.86. The normalized spacial score (nSPS) is 16.0. The smallest absolute Gasteiger partial charge is 0.416 e. The predicted molar refractivity (Wildman–Crippen MR) is 104 cm³/mol. The van der Waals surface area contributed by atoms with Crippen molar-refractivity contribution >= 4 is 33.9 Å². The Morgan fingerprint density at radius 3 is 2.37 bits per heavy atom. The zero-order chi connectivity index (χ0) is 22.1. The summed E-state index contributed by atoms with van der Waals surface area (Å²) in [4.78, 5) is 24.4. The molecule has 158 valence electrons. The van der Waals surface area contributed by atoms with E-state index < -0.39 is 29.5 Å². The molecule has 0 spiro atoms. The van der Waals surface area contributed by atoms with Crippen molar-refractivity contribution in [1.82, 2.24) is 0 Å².